The average molecular weight is 624 g/mol. The van der Waals surface area contributed by atoms with Crippen LogP contribution in [0.1, 0.15) is 91.8 Å². The molecule has 0 aliphatic carbocycles. The van der Waals surface area contributed by atoms with Crippen molar-refractivity contribution in [2.75, 3.05) is 42.4 Å². The number of nitrogens with zero attached hydrogens (tertiary/aromatic N) is 1. The van der Waals surface area contributed by atoms with Crippen LogP contribution in [-0.2, 0) is 4.79 Å². The quantitative estimate of drug-likeness (QED) is 0.156. The highest BCUT2D eigenvalue weighted by atomic mass is 32.2. The summed E-state index contributed by atoms with van der Waals surface area (Å²) in [7, 11) is 1.43. The zero-order valence-electron chi connectivity index (χ0n) is 25.4. The number of alkyl halides is 3. The Kier molecular flexibility index (Phi) is 16.0. The van der Waals surface area contributed by atoms with Crippen LogP contribution in [-0.4, -0.2) is 56.1 Å². The summed E-state index contributed by atoms with van der Waals surface area (Å²) in [6, 6.07) is 10.0. The van der Waals surface area contributed by atoms with Crippen molar-refractivity contribution in [1.29, 1.82) is 0 Å². The molecule has 0 aliphatic heterocycles. The Morgan fingerprint density at radius 1 is 0.837 bits per heavy atom. The third-order valence-corrected chi connectivity index (χ3v) is 7.58. The van der Waals surface area contributed by atoms with Crippen LogP contribution in [0, 0.1) is 0 Å². The van der Waals surface area contributed by atoms with Gasteiger partial charge in [0.25, 0.3) is 11.8 Å². The molecule has 11 heteroatoms. The zero-order chi connectivity index (χ0) is 31.7. The van der Waals surface area contributed by atoms with E-state index in [1.807, 2.05) is 6.26 Å². The van der Waals surface area contributed by atoms with Gasteiger partial charge in [0.2, 0.25) is 0 Å². The molecule has 0 unspecified atom stereocenters. The van der Waals surface area contributed by atoms with E-state index in [-0.39, 0.29) is 29.4 Å². The lowest BCUT2D eigenvalue weighted by atomic mass is 10.1. The topological polar surface area (TPSA) is 87.7 Å². The predicted molar refractivity (Wildman–Crippen MR) is 168 cm³/mol. The summed E-state index contributed by atoms with van der Waals surface area (Å²) in [6.45, 7) is 2.60. The lowest BCUT2D eigenvalue weighted by Gasteiger charge is -2.24. The van der Waals surface area contributed by atoms with E-state index in [1.54, 1.807) is 23.9 Å². The number of unbranched alkanes of at least 4 members (excludes halogenated alkanes) is 9. The molecule has 0 heterocycles. The van der Waals surface area contributed by atoms with Gasteiger partial charge in [-0.25, -0.2) is 0 Å². The Morgan fingerprint density at radius 2 is 1.42 bits per heavy atom. The first-order chi connectivity index (χ1) is 20.6. The monoisotopic (exact) mass is 623 g/mol. The van der Waals surface area contributed by atoms with E-state index in [0.717, 1.165) is 36.3 Å². The van der Waals surface area contributed by atoms with E-state index < -0.39 is 18.0 Å². The number of rotatable bonds is 19. The van der Waals surface area contributed by atoms with Gasteiger partial charge < -0.3 is 20.3 Å². The van der Waals surface area contributed by atoms with E-state index in [0.29, 0.717) is 24.3 Å². The van der Waals surface area contributed by atoms with Crippen molar-refractivity contribution in [3.05, 3.63) is 53.6 Å². The number of benzene rings is 2. The maximum atomic E-state index is 13.4. The summed E-state index contributed by atoms with van der Waals surface area (Å²) < 4.78 is 45.5. The number of amides is 3. The van der Waals surface area contributed by atoms with Crippen LogP contribution >= 0.6 is 11.8 Å². The van der Waals surface area contributed by atoms with Gasteiger partial charge in [-0.05, 0) is 55.1 Å². The van der Waals surface area contributed by atoms with Crippen molar-refractivity contribution in [3.63, 3.8) is 0 Å². The number of anilines is 2. The molecule has 0 radical (unpaired) electrons. The molecule has 7 nitrogen and oxygen atoms in total. The molecule has 0 saturated carbocycles. The fourth-order valence-electron chi connectivity index (χ4n) is 4.56. The van der Waals surface area contributed by atoms with Gasteiger partial charge >= 0.3 is 12.1 Å². The summed E-state index contributed by atoms with van der Waals surface area (Å²) in [4.78, 5) is 38.4. The molecule has 0 spiro atoms. The largest absolute Gasteiger partial charge is 0.495 e. The highest BCUT2D eigenvalue weighted by Gasteiger charge is 2.42. The van der Waals surface area contributed by atoms with Gasteiger partial charge in [-0.1, -0.05) is 64.7 Å². The molecular weight excluding hydrogens is 579 g/mol. The van der Waals surface area contributed by atoms with Gasteiger partial charge in [0, 0.05) is 35.7 Å². The molecule has 43 heavy (non-hydrogen) atoms. The maximum absolute atomic E-state index is 13.4. The Hall–Kier alpha value is -3.21. The van der Waals surface area contributed by atoms with Gasteiger partial charge in [-0.2, -0.15) is 24.9 Å². The minimum absolute atomic E-state index is 0.0660. The first-order valence-corrected chi connectivity index (χ1v) is 16.3. The normalized spacial score (nSPS) is 11.2. The van der Waals surface area contributed by atoms with Crippen LogP contribution in [0.5, 0.6) is 5.75 Å². The second kappa shape index (κ2) is 19.1. The molecule has 2 N–H and O–H groups in total. The number of thioether (sulfide) groups is 1. The van der Waals surface area contributed by atoms with Crippen LogP contribution in [0.4, 0.5) is 24.5 Å². The summed E-state index contributed by atoms with van der Waals surface area (Å²) >= 11 is 1.60. The first-order valence-electron chi connectivity index (χ1n) is 14.9. The second-order valence-electron chi connectivity index (χ2n) is 10.3. The Morgan fingerprint density at radius 3 is 1.98 bits per heavy atom. The van der Waals surface area contributed by atoms with E-state index in [2.05, 4.69) is 17.6 Å². The average Bonchev–Trinajstić information content (AvgIpc) is 2.99. The minimum atomic E-state index is -5.02. The highest BCUT2D eigenvalue weighted by Crippen LogP contribution is 2.28. The van der Waals surface area contributed by atoms with Crippen molar-refractivity contribution in [2.24, 2.45) is 0 Å². The van der Waals surface area contributed by atoms with Crippen LogP contribution in [0.25, 0.3) is 0 Å². The van der Waals surface area contributed by atoms with Gasteiger partial charge in [-0.3, -0.25) is 14.4 Å². The van der Waals surface area contributed by atoms with Crippen molar-refractivity contribution in [1.82, 2.24) is 5.32 Å². The standard InChI is InChI=1S/C32H44F3N3O4S/c1-4-5-6-7-8-9-10-11-12-13-21-38(31(41)32(33,34)35)26-17-14-24(15-18-26)30(40)37-27-23-25(16-19-28(27)42-2)29(39)36-20-22-43-3/h14-19,23H,4-13,20-22H2,1-3H3,(H,36,39)(H,37,40). The lowest BCUT2D eigenvalue weighted by molar-refractivity contribution is -0.170. The summed E-state index contributed by atoms with van der Waals surface area (Å²) in [6.07, 6.45) is 7.21. The number of ether oxygens (including phenoxy) is 1. The fourth-order valence-corrected chi connectivity index (χ4v) is 4.87. The predicted octanol–water partition coefficient (Wildman–Crippen LogP) is 7.86. The third kappa shape index (κ3) is 12.5. The molecule has 0 bridgehead atoms. The highest BCUT2D eigenvalue weighted by molar-refractivity contribution is 7.98. The number of carbonyl (C=O) groups excluding carboxylic acids is 3. The van der Waals surface area contributed by atoms with Crippen LogP contribution in [0.2, 0.25) is 0 Å². The zero-order valence-corrected chi connectivity index (χ0v) is 26.2. The SMILES string of the molecule is CCCCCCCCCCCCN(C(=O)C(F)(F)F)c1ccc(C(=O)Nc2cc(C(=O)NCCSC)ccc2OC)cc1. The Balaban J connectivity index is 2.04. The molecule has 0 saturated heterocycles. The van der Waals surface area contributed by atoms with Gasteiger partial charge in [0.1, 0.15) is 5.75 Å². The Labute approximate surface area is 257 Å². The summed E-state index contributed by atoms with van der Waals surface area (Å²) in [5.74, 6) is -1.68. The molecule has 238 valence electrons. The molecule has 0 fully saturated rings. The molecule has 0 aromatic heterocycles. The summed E-state index contributed by atoms with van der Waals surface area (Å²) in [5, 5.41) is 5.50. The van der Waals surface area contributed by atoms with E-state index in [4.69, 9.17) is 4.74 Å². The van der Waals surface area contributed by atoms with Crippen molar-refractivity contribution in [3.8, 4) is 5.75 Å². The smallest absolute Gasteiger partial charge is 0.471 e. The van der Waals surface area contributed by atoms with Gasteiger partial charge in [-0.15, -0.1) is 0 Å². The van der Waals surface area contributed by atoms with E-state index >= 15 is 0 Å². The van der Waals surface area contributed by atoms with Crippen molar-refractivity contribution < 1.29 is 32.3 Å². The van der Waals surface area contributed by atoms with Gasteiger partial charge in [0.15, 0.2) is 0 Å². The van der Waals surface area contributed by atoms with E-state index in [9.17, 15) is 27.6 Å². The molecule has 2 rings (SSSR count). The number of halogens is 3. The molecule has 2 aromatic rings. The molecule has 0 atom stereocenters. The van der Waals surface area contributed by atoms with Crippen molar-refractivity contribution >= 4 is 40.9 Å². The first kappa shape index (κ1) is 36.0. The number of carbonyl (C=O) groups is 3. The second-order valence-corrected chi connectivity index (χ2v) is 11.3. The molecule has 3 amide bonds. The molecule has 2 aromatic carbocycles. The number of hydrogen-bond acceptors (Lipinski definition) is 5. The van der Waals surface area contributed by atoms with Crippen LogP contribution in [0.3, 0.4) is 0 Å². The fraction of sp³-hybridized carbons (Fsp3) is 0.531. The van der Waals surface area contributed by atoms with Crippen LogP contribution in [0.15, 0.2) is 42.5 Å². The molecular formula is C32H44F3N3O4S. The maximum Gasteiger partial charge on any atom is 0.471 e. The minimum Gasteiger partial charge on any atom is -0.495 e. The molecule has 0 aliphatic rings. The summed E-state index contributed by atoms with van der Waals surface area (Å²) in [5.41, 5.74) is 0.833. The number of nitrogens with one attached hydrogen (secondary N) is 2. The third-order valence-electron chi connectivity index (χ3n) is 6.97. The number of hydrogen-bond donors (Lipinski definition) is 2. The Bertz CT molecular complexity index is 1160. The lowest BCUT2D eigenvalue weighted by Crippen LogP contribution is -2.41. The van der Waals surface area contributed by atoms with Gasteiger partial charge in [0.05, 0.1) is 12.8 Å². The number of methoxy groups -OCH3 is 1. The van der Waals surface area contributed by atoms with Crippen molar-refractivity contribution in [2.45, 2.75) is 77.3 Å². The van der Waals surface area contributed by atoms with Crippen LogP contribution < -0.4 is 20.3 Å². The van der Waals surface area contributed by atoms with E-state index in [1.165, 1.54) is 69.5 Å².